The zero-order valence-corrected chi connectivity index (χ0v) is 22.7. The zero-order chi connectivity index (χ0) is 22.6. The Kier molecular flexibility index (Phi) is 11.6. The van der Waals surface area contributed by atoms with Crippen molar-refractivity contribution in [1.82, 2.24) is 0 Å². The minimum atomic E-state index is -2.78. The van der Waals surface area contributed by atoms with Gasteiger partial charge in [-0.2, -0.15) is 0 Å². The van der Waals surface area contributed by atoms with Gasteiger partial charge in [0.05, 0.1) is 0 Å². The largest absolute Gasteiger partial charge is 0.504 e. The Morgan fingerprint density at radius 2 is 0.545 bits per heavy atom. The van der Waals surface area contributed by atoms with E-state index in [0.717, 1.165) is 0 Å². The molecule has 192 valence electrons. The van der Waals surface area contributed by atoms with Gasteiger partial charge in [0.15, 0.2) is 0 Å². The Morgan fingerprint density at radius 1 is 0.303 bits per heavy atom. The lowest BCUT2D eigenvalue weighted by molar-refractivity contribution is -0.0378. The molecule has 4 aliphatic carbocycles. The molecule has 0 aromatic heterocycles. The van der Waals surface area contributed by atoms with Crippen LogP contribution in [-0.4, -0.2) is 27.1 Å². The molecule has 0 heterocycles. The molecule has 0 spiro atoms. The molecule has 0 bridgehead atoms. The summed E-state index contributed by atoms with van der Waals surface area (Å²) in [6.45, 7) is 0. The molecule has 4 saturated carbocycles. The highest BCUT2D eigenvalue weighted by molar-refractivity contribution is 6.62. The topological polar surface area (TPSA) is 27.7 Å². The van der Waals surface area contributed by atoms with Crippen molar-refractivity contribution in [3.8, 4) is 0 Å². The van der Waals surface area contributed by atoms with Gasteiger partial charge in [0.25, 0.3) is 0 Å². The maximum atomic E-state index is 7.38. The maximum absolute atomic E-state index is 7.38. The second kappa shape index (κ2) is 14.6. The second-order valence-corrected chi connectivity index (χ2v) is 14.6. The molecular weight excluding hydrogens is 424 g/mol. The van der Waals surface area contributed by atoms with Crippen LogP contribution in [0.2, 0.25) is 5.54 Å². The van der Waals surface area contributed by atoms with E-state index in [0.29, 0.717) is 23.9 Å². The van der Waals surface area contributed by atoms with Crippen LogP contribution in [0.15, 0.2) is 0 Å². The van der Waals surface area contributed by atoms with Gasteiger partial charge in [0, 0.05) is 23.9 Å². The van der Waals surface area contributed by atoms with Gasteiger partial charge in [0.1, 0.15) is 0 Å². The highest BCUT2D eigenvalue weighted by atomic mass is 28.4. The maximum Gasteiger partial charge on any atom is 0.504 e. The van der Waals surface area contributed by atoms with Crippen LogP contribution in [0.25, 0.3) is 0 Å². The Balaban J connectivity index is 1.60. The third-order valence-electron chi connectivity index (χ3n) is 9.00. The van der Waals surface area contributed by atoms with E-state index in [-0.39, 0.29) is 0 Å². The first-order valence-electron chi connectivity index (χ1n) is 15.4. The van der Waals surface area contributed by atoms with Crippen molar-refractivity contribution in [3.63, 3.8) is 0 Å². The van der Waals surface area contributed by atoms with Crippen molar-refractivity contribution in [2.75, 3.05) is 0 Å². The van der Waals surface area contributed by atoms with Gasteiger partial charge in [-0.3, -0.25) is 0 Å². The molecule has 0 N–H and O–H groups in total. The molecule has 4 aliphatic rings. The van der Waals surface area contributed by atoms with Gasteiger partial charge in [-0.1, -0.05) is 109 Å². The third kappa shape index (κ3) is 8.61. The van der Waals surface area contributed by atoms with Gasteiger partial charge in [-0.25, -0.2) is 0 Å². The summed E-state index contributed by atoms with van der Waals surface area (Å²) < 4.78 is 22.1. The van der Waals surface area contributed by atoms with Crippen LogP contribution < -0.4 is 0 Å². The number of rotatable bonds is 7. The fourth-order valence-corrected chi connectivity index (χ4v) is 10.9. The molecule has 0 unspecified atom stereocenters. The SMILES string of the molecule is C1CCCC([Si](OC2CCCCCC2)(OC2CCCCCC2)OC2CCCCCC2)CCC1. The summed E-state index contributed by atoms with van der Waals surface area (Å²) in [5.41, 5.74) is 0.535. The van der Waals surface area contributed by atoms with Crippen LogP contribution in [0.4, 0.5) is 0 Å². The van der Waals surface area contributed by atoms with Crippen molar-refractivity contribution >= 4 is 8.80 Å². The minimum absolute atomic E-state index is 0.376. The Morgan fingerprint density at radius 3 is 0.848 bits per heavy atom. The standard InChI is InChI=1S/C29H54O3Si/c1-2-16-24-29(25-17-3-1)33(30-26-18-10-4-5-11-19-26,31-27-20-12-6-7-13-21-27)32-28-22-14-8-9-15-23-28/h26-29H,1-25H2. The van der Waals surface area contributed by atoms with Crippen LogP contribution in [0, 0.1) is 0 Å². The first-order valence-corrected chi connectivity index (χ1v) is 17.2. The molecule has 4 heteroatoms. The molecule has 4 fully saturated rings. The van der Waals surface area contributed by atoms with Crippen LogP contribution in [0.5, 0.6) is 0 Å². The summed E-state index contributed by atoms with van der Waals surface area (Å²) in [4.78, 5) is 0. The smallest absolute Gasteiger partial charge is 0.370 e. The fraction of sp³-hybridized carbons (Fsp3) is 1.00. The average Bonchev–Trinajstić information content (AvgIpc) is 3.30. The minimum Gasteiger partial charge on any atom is -0.370 e. The summed E-state index contributed by atoms with van der Waals surface area (Å²) in [6.07, 6.45) is 34.1. The van der Waals surface area contributed by atoms with Gasteiger partial charge in [0.2, 0.25) is 0 Å². The summed E-state index contributed by atoms with van der Waals surface area (Å²) in [7, 11) is -2.78. The Bertz CT molecular complexity index is 440. The summed E-state index contributed by atoms with van der Waals surface area (Å²) >= 11 is 0. The van der Waals surface area contributed by atoms with Crippen molar-refractivity contribution in [1.29, 1.82) is 0 Å². The first-order chi connectivity index (χ1) is 16.3. The summed E-state index contributed by atoms with van der Waals surface area (Å²) in [5.74, 6) is 0. The van der Waals surface area contributed by atoms with E-state index in [4.69, 9.17) is 13.3 Å². The van der Waals surface area contributed by atoms with E-state index < -0.39 is 8.80 Å². The van der Waals surface area contributed by atoms with E-state index in [1.807, 2.05) is 0 Å². The quantitative estimate of drug-likeness (QED) is 0.269. The summed E-state index contributed by atoms with van der Waals surface area (Å²) in [5, 5.41) is 0. The van der Waals surface area contributed by atoms with E-state index in [2.05, 4.69) is 0 Å². The Labute approximate surface area is 206 Å². The van der Waals surface area contributed by atoms with Crippen LogP contribution >= 0.6 is 0 Å². The predicted octanol–water partition coefficient (Wildman–Crippen LogP) is 9.26. The molecule has 0 radical (unpaired) electrons. The molecule has 0 aromatic carbocycles. The van der Waals surface area contributed by atoms with Crippen molar-refractivity contribution < 1.29 is 13.3 Å². The molecule has 33 heavy (non-hydrogen) atoms. The van der Waals surface area contributed by atoms with Crippen molar-refractivity contribution in [3.05, 3.63) is 0 Å². The van der Waals surface area contributed by atoms with E-state index in [9.17, 15) is 0 Å². The highest BCUT2D eigenvalue weighted by Gasteiger charge is 2.53. The molecule has 3 nitrogen and oxygen atoms in total. The lowest BCUT2D eigenvalue weighted by Gasteiger charge is -2.43. The van der Waals surface area contributed by atoms with Gasteiger partial charge >= 0.3 is 8.80 Å². The van der Waals surface area contributed by atoms with Crippen LogP contribution in [0.3, 0.4) is 0 Å². The van der Waals surface area contributed by atoms with E-state index in [1.165, 1.54) is 161 Å². The summed E-state index contributed by atoms with van der Waals surface area (Å²) in [6, 6.07) is 0. The lowest BCUT2D eigenvalue weighted by Crippen LogP contribution is -2.56. The molecule has 0 aliphatic heterocycles. The molecule has 0 amide bonds. The first kappa shape index (κ1) is 26.2. The monoisotopic (exact) mass is 478 g/mol. The number of hydrogen-bond acceptors (Lipinski definition) is 3. The highest BCUT2D eigenvalue weighted by Crippen LogP contribution is 2.43. The molecule has 0 aromatic rings. The third-order valence-corrected chi connectivity index (χ3v) is 12.6. The van der Waals surface area contributed by atoms with Crippen LogP contribution in [0.1, 0.15) is 161 Å². The van der Waals surface area contributed by atoms with Gasteiger partial charge < -0.3 is 13.3 Å². The molecule has 4 rings (SSSR count). The van der Waals surface area contributed by atoms with E-state index in [1.54, 1.807) is 0 Å². The zero-order valence-electron chi connectivity index (χ0n) is 21.7. The van der Waals surface area contributed by atoms with Crippen LogP contribution in [-0.2, 0) is 13.3 Å². The second-order valence-electron chi connectivity index (χ2n) is 11.8. The van der Waals surface area contributed by atoms with Crippen molar-refractivity contribution in [2.24, 2.45) is 0 Å². The molecular formula is C29H54O3Si. The Hall–Kier alpha value is 0.0969. The van der Waals surface area contributed by atoms with Gasteiger partial charge in [-0.15, -0.1) is 0 Å². The van der Waals surface area contributed by atoms with E-state index >= 15 is 0 Å². The van der Waals surface area contributed by atoms with Gasteiger partial charge in [-0.05, 0) is 51.4 Å². The average molecular weight is 479 g/mol. The molecule has 0 atom stereocenters. The molecule has 0 saturated heterocycles. The normalized spacial score (nSPS) is 27.3. The van der Waals surface area contributed by atoms with Crippen molar-refractivity contribution in [2.45, 2.75) is 184 Å². The lowest BCUT2D eigenvalue weighted by atomic mass is 10.0. The predicted molar refractivity (Wildman–Crippen MR) is 140 cm³/mol. The fourth-order valence-electron chi connectivity index (χ4n) is 6.96. The number of hydrogen-bond donors (Lipinski definition) is 0.